The van der Waals surface area contributed by atoms with Crippen LogP contribution in [0.15, 0.2) is 77.6 Å². The minimum absolute atomic E-state index is 0.158. The number of carbonyl (C=O) groups excluding carboxylic acids is 2. The quantitative estimate of drug-likeness (QED) is 0.381. The van der Waals surface area contributed by atoms with Gasteiger partial charge in [0.2, 0.25) is 11.8 Å². The monoisotopic (exact) mass is 492 g/mol. The zero-order valence-electron chi connectivity index (χ0n) is 19.7. The maximum Gasteiger partial charge on any atom is 0.266 e. The van der Waals surface area contributed by atoms with Crippen LogP contribution in [0.25, 0.3) is 16.6 Å². The van der Waals surface area contributed by atoms with Gasteiger partial charge in [0.25, 0.3) is 5.56 Å². The number of nitrogens with zero attached hydrogens (tertiary/aromatic N) is 4. The second kappa shape index (κ2) is 6.98. The number of hydrogen-bond donors (Lipinski definition) is 0. The Balaban J connectivity index is 1.45. The van der Waals surface area contributed by atoms with Gasteiger partial charge < -0.3 is 0 Å². The maximum absolute atomic E-state index is 14.3. The molecule has 5 heterocycles. The fourth-order valence-corrected chi connectivity index (χ4v) is 7.46. The molecule has 0 N–H and O–H groups in total. The second-order valence-electron chi connectivity index (χ2n) is 10.3. The maximum atomic E-state index is 14.3. The van der Waals surface area contributed by atoms with Crippen LogP contribution in [-0.4, -0.2) is 38.9 Å². The Morgan fingerprint density at radius 1 is 0.892 bits per heavy atom. The average molecular weight is 493 g/mol. The van der Waals surface area contributed by atoms with Crippen molar-refractivity contribution in [2.24, 2.45) is 11.8 Å². The van der Waals surface area contributed by atoms with Crippen molar-refractivity contribution in [2.45, 2.75) is 24.4 Å². The van der Waals surface area contributed by atoms with Crippen LogP contribution in [-0.2, 0) is 15.1 Å². The van der Waals surface area contributed by atoms with E-state index in [0.29, 0.717) is 34.6 Å². The molecule has 37 heavy (non-hydrogen) atoms. The summed E-state index contributed by atoms with van der Waals surface area (Å²) in [4.78, 5) is 50.7. The highest BCUT2D eigenvalue weighted by Crippen LogP contribution is 2.62. The highest BCUT2D eigenvalue weighted by molar-refractivity contribution is 6.23. The first kappa shape index (κ1) is 21.0. The highest BCUT2D eigenvalue weighted by atomic mass is 19.1. The lowest BCUT2D eigenvalue weighted by atomic mass is 9.75. The first-order chi connectivity index (χ1) is 18.0. The Bertz CT molecular complexity index is 1730. The van der Waals surface area contributed by atoms with E-state index in [2.05, 4.69) is 4.90 Å². The molecule has 0 saturated carbocycles. The SMILES string of the molecule is O=C1[C@H]2[C@@H]3CCCN3[C@@]3(c4ccccc4-n4c3nc3ccccc3c4=O)[C@H]2C(=O)N1c1ccc(F)cc1. The summed E-state index contributed by atoms with van der Waals surface area (Å²) in [6.07, 6.45) is 1.66. The van der Waals surface area contributed by atoms with E-state index >= 15 is 0 Å². The van der Waals surface area contributed by atoms with Crippen molar-refractivity contribution in [3.8, 4) is 5.69 Å². The van der Waals surface area contributed by atoms with Crippen molar-refractivity contribution < 1.29 is 14.0 Å². The predicted molar refractivity (Wildman–Crippen MR) is 134 cm³/mol. The van der Waals surface area contributed by atoms with Crippen molar-refractivity contribution in [3.05, 3.63) is 100 Å². The van der Waals surface area contributed by atoms with E-state index in [4.69, 9.17) is 4.98 Å². The normalized spacial score (nSPS) is 27.7. The molecule has 182 valence electrons. The van der Waals surface area contributed by atoms with Crippen LogP contribution in [0.4, 0.5) is 10.1 Å². The van der Waals surface area contributed by atoms with Crippen molar-refractivity contribution in [3.63, 3.8) is 0 Å². The molecular formula is C29H21FN4O3. The molecule has 1 aromatic heterocycles. The topological polar surface area (TPSA) is 75.5 Å². The van der Waals surface area contributed by atoms with E-state index < -0.39 is 23.2 Å². The van der Waals surface area contributed by atoms with Crippen LogP contribution in [0.1, 0.15) is 24.2 Å². The fourth-order valence-electron chi connectivity index (χ4n) is 7.46. The zero-order valence-corrected chi connectivity index (χ0v) is 19.7. The number of carbonyl (C=O) groups is 2. The molecule has 0 unspecified atom stereocenters. The van der Waals surface area contributed by atoms with Gasteiger partial charge in [-0.3, -0.25) is 23.9 Å². The van der Waals surface area contributed by atoms with Crippen LogP contribution in [0.5, 0.6) is 0 Å². The van der Waals surface area contributed by atoms with Gasteiger partial charge in [-0.1, -0.05) is 30.3 Å². The fraction of sp³-hybridized carbons (Fsp3) is 0.241. The molecule has 3 saturated heterocycles. The van der Waals surface area contributed by atoms with Gasteiger partial charge in [-0.05, 0) is 61.9 Å². The third kappa shape index (κ3) is 2.35. The molecule has 3 fully saturated rings. The van der Waals surface area contributed by atoms with Crippen molar-refractivity contribution in [1.82, 2.24) is 14.5 Å². The molecule has 4 aromatic rings. The number of para-hydroxylation sites is 2. The summed E-state index contributed by atoms with van der Waals surface area (Å²) in [6, 6.07) is 20.2. The van der Waals surface area contributed by atoms with Crippen LogP contribution >= 0.6 is 0 Å². The number of hydrogen-bond acceptors (Lipinski definition) is 5. The third-order valence-electron chi connectivity index (χ3n) is 8.73. The number of fused-ring (bicyclic) bond motifs is 11. The summed E-state index contributed by atoms with van der Waals surface area (Å²) in [7, 11) is 0. The molecule has 7 nitrogen and oxygen atoms in total. The molecule has 8 heteroatoms. The summed E-state index contributed by atoms with van der Waals surface area (Å²) in [6.45, 7) is 0.700. The van der Waals surface area contributed by atoms with Gasteiger partial charge in [0.15, 0.2) is 0 Å². The van der Waals surface area contributed by atoms with E-state index in [-0.39, 0.29) is 23.4 Å². The summed E-state index contributed by atoms with van der Waals surface area (Å²) in [5.41, 5.74) is 1.23. The molecule has 4 atom stereocenters. The molecule has 8 rings (SSSR count). The Labute approximate surface area is 210 Å². The van der Waals surface area contributed by atoms with Crippen LogP contribution in [0.3, 0.4) is 0 Å². The van der Waals surface area contributed by atoms with Gasteiger partial charge in [-0.25, -0.2) is 14.3 Å². The van der Waals surface area contributed by atoms with Gasteiger partial charge in [0.1, 0.15) is 17.2 Å². The minimum atomic E-state index is -1.05. The smallest absolute Gasteiger partial charge is 0.266 e. The number of benzene rings is 3. The number of aromatic nitrogens is 2. The van der Waals surface area contributed by atoms with Gasteiger partial charge in [-0.2, -0.15) is 0 Å². The summed E-state index contributed by atoms with van der Waals surface area (Å²) in [5, 5.41) is 0.507. The van der Waals surface area contributed by atoms with Crippen molar-refractivity contribution in [1.29, 1.82) is 0 Å². The third-order valence-corrected chi connectivity index (χ3v) is 8.73. The molecule has 0 radical (unpaired) electrons. The Morgan fingerprint density at radius 2 is 1.65 bits per heavy atom. The molecule has 0 aliphatic carbocycles. The lowest BCUT2D eigenvalue weighted by Crippen LogP contribution is -2.51. The molecule has 4 aliphatic rings. The minimum Gasteiger partial charge on any atom is -0.283 e. The van der Waals surface area contributed by atoms with Gasteiger partial charge >= 0.3 is 0 Å². The summed E-state index contributed by atoms with van der Waals surface area (Å²) >= 11 is 0. The molecule has 0 bridgehead atoms. The average Bonchev–Trinajstić information content (AvgIpc) is 3.62. The zero-order chi connectivity index (χ0) is 25.1. The molecule has 2 amide bonds. The number of anilines is 1. The Morgan fingerprint density at radius 3 is 2.49 bits per heavy atom. The van der Waals surface area contributed by atoms with Crippen molar-refractivity contribution >= 4 is 28.4 Å². The van der Waals surface area contributed by atoms with E-state index in [1.165, 1.54) is 29.2 Å². The molecule has 1 spiro atoms. The largest absolute Gasteiger partial charge is 0.283 e. The molecule has 3 aromatic carbocycles. The Hall–Kier alpha value is -4.17. The van der Waals surface area contributed by atoms with Crippen LogP contribution < -0.4 is 10.5 Å². The highest BCUT2D eigenvalue weighted by Gasteiger charge is 2.73. The van der Waals surface area contributed by atoms with E-state index in [1.54, 1.807) is 10.6 Å². The lowest BCUT2D eigenvalue weighted by Gasteiger charge is -2.38. The first-order valence-corrected chi connectivity index (χ1v) is 12.6. The second-order valence-corrected chi connectivity index (χ2v) is 10.3. The van der Waals surface area contributed by atoms with Gasteiger partial charge in [-0.15, -0.1) is 0 Å². The van der Waals surface area contributed by atoms with E-state index in [9.17, 15) is 18.8 Å². The number of rotatable bonds is 1. The molecular weight excluding hydrogens is 471 g/mol. The standard InChI is InChI=1S/C29H21FN4O3/c30-16-11-13-17(14-12-16)33-26(36)23-22-10-5-15-32(22)29(24(23)27(33)37)19-7-2-4-9-21(19)34-25(35)18-6-1-3-8-20(18)31-28(29)34/h1-4,6-9,11-14,22-24H,5,10,15H2/t22-,23-,24+,29-/m0/s1. The van der Waals surface area contributed by atoms with Crippen LogP contribution in [0, 0.1) is 17.7 Å². The summed E-state index contributed by atoms with van der Waals surface area (Å²) < 4.78 is 15.3. The van der Waals surface area contributed by atoms with Crippen molar-refractivity contribution in [2.75, 3.05) is 11.4 Å². The first-order valence-electron chi connectivity index (χ1n) is 12.6. The number of imide groups is 1. The van der Waals surface area contributed by atoms with Gasteiger partial charge in [0, 0.05) is 11.6 Å². The van der Waals surface area contributed by atoms with E-state index in [1.807, 2.05) is 42.5 Å². The number of halogens is 1. The van der Waals surface area contributed by atoms with E-state index in [0.717, 1.165) is 18.4 Å². The van der Waals surface area contributed by atoms with Gasteiger partial charge in [0.05, 0.1) is 34.1 Å². The Kier molecular flexibility index (Phi) is 3.96. The molecule has 4 aliphatic heterocycles. The predicted octanol–water partition coefficient (Wildman–Crippen LogP) is 3.37. The number of amides is 2. The summed E-state index contributed by atoms with van der Waals surface area (Å²) in [5.74, 6) is -1.87. The van der Waals surface area contributed by atoms with Crippen LogP contribution in [0.2, 0.25) is 0 Å². The lowest BCUT2D eigenvalue weighted by molar-refractivity contribution is -0.124.